The third-order valence-corrected chi connectivity index (χ3v) is 10.6. The van der Waals surface area contributed by atoms with Gasteiger partial charge in [0.1, 0.15) is 5.69 Å². The van der Waals surface area contributed by atoms with E-state index in [1.165, 1.54) is 30.7 Å². The highest BCUT2D eigenvalue weighted by Gasteiger charge is 2.18. The van der Waals surface area contributed by atoms with Gasteiger partial charge >= 0.3 is 0 Å². The zero-order valence-corrected chi connectivity index (χ0v) is 33.2. The Bertz CT molecular complexity index is 3680. The van der Waals surface area contributed by atoms with Crippen LogP contribution in [0.4, 0.5) is 0 Å². The summed E-state index contributed by atoms with van der Waals surface area (Å²) in [6, 6.07) is 44.2. The van der Waals surface area contributed by atoms with Crippen LogP contribution in [-0.2, 0) is 38.2 Å². The predicted octanol–water partition coefficient (Wildman–Crippen LogP) is 12.1. The Morgan fingerprint density at radius 1 is 0.541 bits per heavy atom. The Morgan fingerprint density at radius 2 is 1.15 bits per heavy atom. The average Bonchev–Trinajstić information content (AvgIpc) is 3.92. The quantitative estimate of drug-likeness (QED) is 0.0663. The molecule has 0 aliphatic carbocycles. The van der Waals surface area contributed by atoms with Crippen LogP contribution in [0.2, 0.25) is 0 Å². The van der Waals surface area contributed by atoms with Gasteiger partial charge in [-0.25, -0.2) is 4.98 Å². The molecule has 0 aliphatic heterocycles. The fourth-order valence-corrected chi connectivity index (χ4v) is 7.70. The van der Waals surface area contributed by atoms with Gasteiger partial charge in [0, 0.05) is 51.7 Å². The normalized spacial score (nSPS) is 15.8. The van der Waals surface area contributed by atoms with Crippen LogP contribution in [0.1, 0.15) is 56.8 Å². The number of aryl methyl sites for hydroxylation is 6. The SMILES string of the molecule is [2H]C([2H])(c1ccc(-c2ccccc2)nc1)C([2H])([2H])c1cc(C([2H])([2H])C([2H])([2H])c2ccc(-c3ccccc3)[n+]([CH-]C)c2)cc(C([2H])([2H])C([2H])([2H])c2cnc3c4ccccc4n4cncc4c3c2-c2ccccc2)c1. The van der Waals surface area contributed by atoms with Crippen LogP contribution in [0.5, 0.6) is 0 Å². The molecule has 5 nitrogen and oxygen atoms in total. The first kappa shape index (κ1) is 26.7. The molecule has 5 heterocycles. The first-order chi connectivity index (χ1) is 34.7. The van der Waals surface area contributed by atoms with Gasteiger partial charge in [0.2, 0.25) is 0 Å². The van der Waals surface area contributed by atoms with Gasteiger partial charge in [0.25, 0.3) is 0 Å². The van der Waals surface area contributed by atoms with Gasteiger partial charge in [0.15, 0.2) is 0 Å². The molecule has 5 aromatic heterocycles. The van der Waals surface area contributed by atoms with Crippen LogP contribution in [0.15, 0.2) is 189 Å². The number of fused-ring (bicyclic) bond motifs is 6. The molecule has 5 aromatic carbocycles. The summed E-state index contributed by atoms with van der Waals surface area (Å²) in [5, 5.41) is 1.23. The maximum absolute atomic E-state index is 9.98. The van der Waals surface area contributed by atoms with Crippen LogP contribution in [-0.4, -0.2) is 19.4 Å². The van der Waals surface area contributed by atoms with E-state index < -0.39 is 54.9 Å². The van der Waals surface area contributed by atoms with Gasteiger partial charge in [-0.15, -0.1) is 0 Å². The number of para-hydroxylation sites is 1. The van der Waals surface area contributed by atoms with Crippen LogP contribution in [0.3, 0.4) is 0 Å². The van der Waals surface area contributed by atoms with E-state index in [2.05, 4.69) is 9.97 Å². The second-order valence-electron chi connectivity index (χ2n) is 14.5. The summed E-state index contributed by atoms with van der Waals surface area (Å²) in [5.41, 5.74) is 3.42. The third kappa shape index (κ3) is 7.91. The summed E-state index contributed by atoms with van der Waals surface area (Å²) in [6.45, 7) is 3.46. The zero-order chi connectivity index (χ0) is 51.7. The Kier molecular flexibility index (Phi) is 7.47. The fraction of sp³-hybridized carbons (Fsp3) is 0.125. The number of rotatable bonds is 13. The lowest BCUT2D eigenvalue weighted by molar-refractivity contribution is -0.621. The highest BCUT2D eigenvalue weighted by atomic mass is 15.0. The number of nitrogens with zero attached hydrogens (tertiary/aromatic N) is 5. The third-order valence-electron chi connectivity index (χ3n) is 10.6. The van der Waals surface area contributed by atoms with Gasteiger partial charge in [0.05, 0.1) is 41.0 Å². The summed E-state index contributed by atoms with van der Waals surface area (Å²) < 4.78 is 120. The van der Waals surface area contributed by atoms with E-state index in [0.717, 1.165) is 40.2 Å². The smallest absolute Gasteiger partial charge is 0.112 e. The Labute approximate surface area is 374 Å². The predicted molar refractivity (Wildman–Crippen MR) is 249 cm³/mol. The van der Waals surface area contributed by atoms with E-state index in [-0.39, 0.29) is 16.7 Å². The van der Waals surface area contributed by atoms with Crippen molar-refractivity contribution in [1.82, 2.24) is 19.4 Å². The second kappa shape index (κ2) is 17.1. The molecule has 5 heteroatoms. The van der Waals surface area contributed by atoms with E-state index in [1.54, 1.807) is 67.0 Å². The minimum Gasteiger partial charge on any atom is -0.330 e. The van der Waals surface area contributed by atoms with Gasteiger partial charge in [-0.1, -0.05) is 140 Å². The van der Waals surface area contributed by atoms with E-state index in [1.807, 2.05) is 95.4 Å². The summed E-state index contributed by atoms with van der Waals surface area (Å²) in [7, 11) is 0. The topological polar surface area (TPSA) is 47.0 Å². The van der Waals surface area contributed by atoms with Crippen molar-refractivity contribution in [3.05, 3.63) is 229 Å². The lowest BCUT2D eigenvalue weighted by Gasteiger charge is -2.17. The molecule has 10 aromatic rings. The molecule has 61 heavy (non-hydrogen) atoms. The number of aromatic nitrogens is 5. The number of benzene rings is 5. The van der Waals surface area contributed by atoms with Crippen molar-refractivity contribution in [2.75, 3.05) is 0 Å². The van der Waals surface area contributed by atoms with Crippen molar-refractivity contribution < 1.29 is 21.0 Å². The van der Waals surface area contributed by atoms with Crippen LogP contribution in [0, 0.1) is 6.54 Å². The number of pyridine rings is 4. The van der Waals surface area contributed by atoms with Gasteiger partial charge in [-0.3, -0.25) is 14.4 Å². The maximum Gasteiger partial charge on any atom is 0.112 e. The molecule has 0 bridgehead atoms. The van der Waals surface area contributed by atoms with E-state index in [4.69, 9.17) is 4.98 Å². The van der Waals surface area contributed by atoms with Crippen molar-refractivity contribution in [2.45, 2.75) is 45.2 Å². The summed E-state index contributed by atoms with van der Waals surface area (Å²) >= 11 is 0. The lowest BCUT2D eigenvalue weighted by atomic mass is 9.91. The minimum absolute atomic E-state index is 0.100. The first-order valence-electron chi connectivity index (χ1n) is 26.0. The van der Waals surface area contributed by atoms with Crippen LogP contribution < -0.4 is 4.57 Å². The van der Waals surface area contributed by atoms with E-state index >= 15 is 0 Å². The molecule has 0 spiro atoms. The largest absolute Gasteiger partial charge is 0.330 e. The molecule has 0 fully saturated rings. The van der Waals surface area contributed by atoms with Gasteiger partial charge < -0.3 is 4.57 Å². The lowest BCUT2D eigenvalue weighted by Crippen LogP contribution is -2.33. The average molecular weight is 802 g/mol. The molecular formula is C56H47N5. The molecule has 0 saturated carbocycles. The van der Waals surface area contributed by atoms with Crippen molar-refractivity contribution >= 4 is 27.3 Å². The van der Waals surface area contributed by atoms with E-state index in [9.17, 15) is 16.4 Å². The minimum atomic E-state index is -3.17. The van der Waals surface area contributed by atoms with Crippen molar-refractivity contribution in [3.8, 4) is 33.6 Å². The Morgan fingerprint density at radius 3 is 1.84 bits per heavy atom. The first-order valence-corrected chi connectivity index (χ1v) is 20.0. The monoisotopic (exact) mass is 801 g/mol. The fourth-order valence-electron chi connectivity index (χ4n) is 7.70. The molecule has 0 N–H and O–H groups in total. The number of imidazole rings is 1. The van der Waals surface area contributed by atoms with Crippen LogP contribution >= 0.6 is 0 Å². The Hall–Kier alpha value is -7.37. The highest BCUT2D eigenvalue weighted by Crippen LogP contribution is 2.38. The van der Waals surface area contributed by atoms with E-state index in [0.29, 0.717) is 38.9 Å². The molecule has 296 valence electrons. The van der Waals surface area contributed by atoms with Crippen molar-refractivity contribution in [2.24, 2.45) is 0 Å². The zero-order valence-electron chi connectivity index (χ0n) is 45.2. The molecule has 0 saturated heterocycles. The molecule has 0 unspecified atom stereocenters. The van der Waals surface area contributed by atoms with Gasteiger partial charge in [-0.2, -0.15) is 0 Å². The standard InChI is InChI=1S/C56H47N5/c1-2-60-38-41(28-31-51(60)46-16-8-4-9-17-46)23-25-43-32-42(24-22-40-27-30-50(58-35-40)45-14-6-3-7-15-45)33-44(34-43)26-29-48-36-59-56-49-20-12-13-21-52(49)61-39-57-37-53(61)55(56)54(48)47-18-10-5-11-19-47/h2-21,27-28,30-39H,22-26,29H2,1H3/i22D2,23D2,24D2,25D2,26D2,29D2. The number of hydrogen-bond acceptors (Lipinski definition) is 3. The van der Waals surface area contributed by atoms with Crippen molar-refractivity contribution in [1.29, 1.82) is 0 Å². The molecule has 0 radical (unpaired) electrons. The molecular weight excluding hydrogens is 743 g/mol. The van der Waals surface area contributed by atoms with Gasteiger partial charge in [-0.05, 0) is 113 Å². The number of hydrogen-bond donors (Lipinski definition) is 0. The van der Waals surface area contributed by atoms with Crippen LogP contribution in [0.25, 0.3) is 61.0 Å². The molecule has 0 atom stereocenters. The summed E-state index contributed by atoms with van der Waals surface area (Å²) in [5.74, 6) is 0. The summed E-state index contributed by atoms with van der Waals surface area (Å²) in [4.78, 5) is 13.7. The molecule has 0 amide bonds. The molecule has 10 rings (SSSR count). The van der Waals surface area contributed by atoms with Crippen molar-refractivity contribution in [3.63, 3.8) is 0 Å². The second-order valence-corrected chi connectivity index (χ2v) is 14.5. The Balaban J connectivity index is 1.17. The maximum atomic E-state index is 9.98. The summed E-state index contributed by atoms with van der Waals surface area (Å²) in [6.07, 6.45) is -11.0. The molecule has 0 aliphatic rings. The highest BCUT2D eigenvalue weighted by molar-refractivity contribution is 6.16.